The SMILES string of the molecule is Brc1ccc2c(c1)[Si](c1ccc(OCCCCCCCCCCOCc3ccc(N(c4ccccc4)c4ccccc4)cc3)cc1)(c1ccc(OCCCCCCCCCCOCc3ccc(N(c4ccccc4)c4ccccc4)cc3)cc1)c1cc(Br)ccc1-2. The molecule has 0 fully saturated rings. The van der Waals surface area contributed by atoms with Crippen molar-refractivity contribution >= 4 is 94.8 Å². The van der Waals surface area contributed by atoms with E-state index >= 15 is 0 Å². The number of anilines is 6. The van der Waals surface area contributed by atoms with Gasteiger partial charge in [0.05, 0.1) is 26.4 Å². The topological polar surface area (TPSA) is 43.4 Å². The molecule has 1 aliphatic heterocycles. The number of unbranched alkanes of at least 4 members (excludes halogenated alkanes) is 14. The van der Waals surface area contributed by atoms with Crippen molar-refractivity contribution in [3.63, 3.8) is 0 Å². The van der Waals surface area contributed by atoms with Crippen LogP contribution in [0.2, 0.25) is 0 Å². The molecule has 1 heterocycles. The van der Waals surface area contributed by atoms with Crippen LogP contribution in [-0.2, 0) is 22.7 Å². The van der Waals surface area contributed by atoms with Crippen LogP contribution in [0.25, 0.3) is 11.1 Å². The summed E-state index contributed by atoms with van der Waals surface area (Å²) in [5.74, 6) is 1.86. The summed E-state index contributed by atoms with van der Waals surface area (Å²) in [5.41, 5.74) is 11.9. The second kappa shape index (κ2) is 34.2. The molecule has 6 nitrogen and oxygen atoms in total. The highest BCUT2D eigenvalue weighted by atomic mass is 79.9. The van der Waals surface area contributed by atoms with Gasteiger partial charge in [-0.15, -0.1) is 0 Å². The number of halogens is 2. The van der Waals surface area contributed by atoms with Crippen LogP contribution in [0.15, 0.2) is 264 Å². The Morgan fingerprint density at radius 3 is 0.879 bits per heavy atom. The fourth-order valence-electron chi connectivity index (χ4n) is 12.8. The zero-order chi connectivity index (χ0) is 62.1. The molecule has 9 heteroatoms. The molecular weight excluding hydrogens is 1260 g/mol. The van der Waals surface area contributed by atoms with Gasteiger partial charge in [0.1, 0.15) is 11.5 Å². The molecule has 0 amide bonds. The first-order valence-corrected chi connectivity index (χ1v) is 36.8. The van der Waals surface area contributed by atoms with Crippen molar-refractivity contribution < 1.29 is 18.9 Å². The summed E-state index contributed by atoms with van der Waals surface area (Å²) in [6.07, 6.45) is 19.2. The van der Waals surface area contributed by atoms with E-state index in [2.05, 4.69) is 296 Å². The number of nitrogens with zero attached hydrogens (tertiary/aromatic N) is 2. The van der Waals surface area contributed by atoms with Gasteiger partial charge in [-0.1, -0.05) is 242 Å². The molecule has 11 rings (SSSR count). The van der Waals surface area contributed by atoms with Crippen LogP contribution in [0.5, 0.6) is 11.5 Å². The first-order valence-electron chi connectivity index (χ1n) is 33.2. The maximum Gasteiger partial charge on any atom is 0.180 e. The van der Waals surface area contributed by atoms with Crippen molar-refractivity contribution in [1.29, 1.82) is 0 Å². The van der Waals surface area contributed by atoms with E-state index in [0.717, 1.165) is 107 Å². The van der Waals surface area contributed by atoms with E-state index in [0.29, 0.717) is 13.2 Å². The highest BCUT2D eigenvalue weighted by Crippen LogP contribution is 2.37. The van der Waals surface area contributed by atoms with Gasteiger partial charge in [0.15, 0.2) is 8.07 Å². The third-order valence-electron chi connectivity index (χ3n) is 17.5. The van der Waals surface area contributed by atoms with Crippen molar-refractivity contribution in [2.45, 2.75) is 116 Å². The Labute approximate surface area is 559 Å². The summed E-state index contributed by atoms with van der Waals surface area (Å²) in [4.78, 5) is 4.58. The molecule has 0 N–H and O–H groups in total. The zero-order valence-electron chi connectivity index (χ0n) is 52.6. The lowest BCUT2D eigenvalue weighted by molar-refractivity contribution is 0.116. The normalized spacial score (nSPS) is 12.1. The van der Waals surface area contributed by atoms with Gasteiger partial charge >= 0.3 is 0 Å². The van der Waals surface area contributed by atoms with Crippen LogP contribution in [0, 0.1) is 0 Å². The fraction of sp³-hybridized carbons (Fsp3) is 0.268. The molecule has 0 saturated heterocycles. The first-order chi connectivity index (χ1) is 45.0. The summed E-state index contributed by atoms with van der Waals surface area (Å²) >= 11 is 7.77. The standard InChI is InChI=1S/C82H86Br2N2O4Si/c83-67-41-55-79-80-56-42-68(84)62-82(80)91(81(79)61-67,77-51-47-75(48-52-77)89-59-27-11-7-3-1-5-9-25-57-87-63-65-37-43-73(44-38-65)85(69-29-17-13-18-30-69)70-31-19-14-20-32-70)78-53-49-76(50-54-78)90-60-28-12-8-4-2-6-10-26-58-88-64-66-39-45-74(46-40-66)86(71-33-21-15-22-34-71)72-35-23-16-24-36-72/h13-24,29-56,61-62H,1-12,25-28,57-60,63-64H2. The monoisotopic (exact) mass is 1350 g/mol. The minimum Gasteiger partial charge on any atom is -0.494 e. The third-order valence-corrected chi connectivity index (χ3v) is 23.4. The molecule has 10 aromatic rings. The van der Waals surface area contributed by atoms with Gasteiger partial charge in [-0.2, -0.15) is 0 Å². The van der Waals surface area contributed by atoms with Crippen LogP contribution in [0.3, 0.4) is 0 Å². The van der Waals surface area contributed by atoms with E-state index in [1.165, 1.54) is 120 Å². The molecule has 466 valence electrons. The van der Waals surface area contributed by atoms with E-state index in [-0.39, 0.29) is 0 Å². The number of benzene rings is 10. The Morgan fingerprint density at radius 2 is 0.560 bits per heavy atom. The molecule has 0 saturated carbocycles. The summed E-state index contributed by atoms with van der Waals surface area (Å²) in [5, 5.41) is 5.50. The van der Waals surface area contributed by atoms with Gasteiger partial charge in [-0.25, -0.2) is 0 Å². The van der Waals surface area contributed by atoms with Crippen molar-refractivity contribution in [3.05, 3.63) is 275 Å². The number of para-hydroxylation sites is 4. The minimum atomic E-state index is -2.74. The van der Waals surface area contributed by atoms with Crippen molar-refractivity contribution in [2.24, 2.45) is 0 Å². The van der Waals surface area contributed by atoms with E-state index in [1.54, 1.807) is 0 Å². The predicted octanol–water partition coefficient (Wildman–Crippen LogP) is 20.9. The van der Waals surface area contributed by atoms with E-state index in [1.807, 2.05) is 0 Å². The number of rotatable bonds is 36. The zero-order valence-corrected chi connectivity index (χ0v) is 56.8. The fourth-order valence-corrected chi connectivity index (χ4v) is 19.2. The van der Waals surface area contributed by atoms with Crippen LogP contribution in [0.1, 0.15) is 114 Å². The molecule has 0 atom stereocenters. The lowest BCUT2D eigenvalue weighted by Crippen LogP contribution is -2.72. The van der Waals surface area contributed by atoms with Crippen LogP contribution >= 0.6 is 31.9 Å². The lowest BCUT2D eigenvalue weighted by Gasteiger charge is -2.31. The largest absolute Gasteiger partial charge is 0.494 e. The highest BCUT2D eigenvalue weighted by molar-refractivity contribution is 9.10. The highest BCUT2D eigenvalue weighted by Gasteiger charge is 2.49. The number of hydrogen-bond donors (Lipinski definition) is 0. The quantitative estimate of drug-likeness (QED) is 0.0288. The summed E-state index contributed by atoms with van der Waals surface area (Å²) in [7, 11) is -2.74. The number of hydrogen-bond acceptors (Lipinski definition) is 6. The molecule has 0 spiro atoms. The molecule has 91 heavy (non-hydrogen) atoms. The first kappa shape index (κ1) is 65.0. The summed E-state index contributed by atoms with van der Waals surface area (Å²) < 4.78 is 27.2. The average Bonchev–Trinajstić information content (AvgIpc) is 1.56. The van der Waals surface area contributed by atoms with E-state index in [9.17, 15) is 0 Å². The smallest absolute Gasteiger partial charge is 0.180 e. The maximum absolute atomic E-state index is 6.42. The molecule has 0 radical (unpaired) electrons. The van der Waals surface area contributed by atoms with Gasteiger partial charge in [-0.3, -0.25) is 0 Å². The van der Waals surface area contributed by atoms with Crippen LogP contribution < -0.4 is 40.0 Å². The van der Waals surface area contributed by atoms with Crippen LogP contribution in [0.4, 0.5) is 34.1 Å². The Hall–Kier alpha value is -7.50. The van der Waals surface area contributed by atoms with Gasteiger partial charge in [-0.05, 0) is 190 Å². The van der Waals surface area contributed by atoms with Crippen LogP contribution in [-0.4, -0.2) is 34.5 Å². The predicted molar refractivity (Wildman–Crippen MR) is 391 cm³/mol. The Kier molecular flexibility index (Phi) is 24.5. The molecule has 1 aliphatic rings. The van der Waals surface area contributed by atoms with Gasteiger partial charge < -0.3 is 28.7 Å². The lowest BCUT2D eigenvalue weighted by atomic mass is 10.1. The third kappa shape index (κ3) is 17.6. The van der Waals surface area contributed by atoms with Gasteiger partial charge in [0, 0.05) is 56.3 Å². The van der Waals surface area contributed by atoms with Crippen molar-refractivity contribution in [3.8, 4) is 22.6 Å². The van der Waals surface area contributed by atoms with Gasteiger partial charge in [0.2, 0.25) is 0 Å². The molecule has 0 aliphatic carbocycles. The molecule has 0 unspecified atom stereocenters. The number of ether oxygens (including phenoxy) is 4. The average molecular weight is 1350 g/mol. The maximum atomic E-state index is 6.42. The summed E-state index contributed by atoms with van der Waals surface area (Å²) in [6.45, 7) is 4.34. The second-order valence-electron chi connectivity index (χ2n) is 24.0. The van der Waals surface area contributed by atoms with Gasteiger partial charge in [0.25, 0.3) is 0 Å². The van der Waals surface area contributed by atoms with Crippen molar-refractivity contribution in [2.75, 3.05) is 36.2 Å². The molecule has 10 aromatic carbocycles. The van der Waals surface area contributed by atoms with E-state index < -0.39 is 8.07 Å². The summed E-state index contributed by atoms with van der Waals surface area (Å²) in [6, 6.07) is 91.6. The minimum absolute atomic E-state index is 0.642. The van der Waals surface area contributed by atoms with E-state index in [4.69, 9.17) is 18.9 Å². The molecule has 0 bridgehead atoms. The Balaban J connectivity index is 0.571. The number of fused-ring (bicyclic) bond motifs is 3. The Morgan fingerprint density at radius 1 is 0.275 bits per heavy atom. The Bertz CT molecular complexity index is 3420. The van der Waals surface area contributed by atoms with Crippen molar-refractivity contribution in [1.82, 2.24) is 0 Å². The second-order valence-corrected chi connectivity index (χ2v) is 29.5. The molecule has 0 aromatic heterocycles. The molecular formula is C82H86Br2N2O4Si.